The van der Waals surface area contributed by atoms with E-state index in [1.54, 1.807) is 0 Å². The monoisotopic (exact) mass is 267 g/mol. The molecule has 2 aromatic rings. The number of hydrogen-bond acceptors (Lipinski definition) is 8. The van der Waals surface area contributed by atoms with E-state index in [1.165, 1.54) is 6.92 Å². The Morgan fingerprint density at radius 2 is 2.00 bits per heavy atom. The standard InChI is InChI=1S/C10H13N5O4/c1-3(16)6(17)7(18)4-2-12-8-5(13-4)9(19)15-10(11)14-8/h2-3,6-7,16-18H,1H3,(H3,11,12,14,15,19). The molecule has 0 bridgehead atoms. The highest BCUT2D eigenvalue weighted by atomic mass is 16.4. The Bertz CT molecular complexity index is 656. The van der Waals surface area contributed by atoms with Crippen LogP contribution in [0.15, 0.2) is 11.0 Å². The molecule has 2 aromatic heterocycles. The van der Waals surface area contributed by atoms with E-state index < -0.39 is 23.9 Å². The molecule has 0 aromatic carbocycles. The zero-order valence-corrected chi connectivity index (χ0v) is 9.98. The summed E-state index contributed by atoms with van der Waals surface area (Å²) in [5.74, 6) is -0.0934. The lowest BCUT2D eigenvalue weighted by molar-refractivity contribution is -0.0548. The average molecular weight is 267 g/mol. The van der Waals surface area contributed by atoms with Gasteiger partial charge in [-0.05, 0) is 6.92 Å². The zero-order chi connectivity index (χ0) is 14.2. The molecule has 0 spiro atoms. The molecular weight excluding hydrogens is 254 g/mol. The van der Waals surface area contributed by atoms with Gasteiger partial charge in [0.05, 0.1) is 18.0 Å². The minimum atomic E-state index is -1.46. The van der Waals surface area contributed by atoms with Crippen molar-refractivity contribution in [3.05, 3.63) is 22.2 Å². The maximum atomic E-state index is 11.6. The molecule has 0 fully saturated rings. The highest BCUT2D eigenvalue weighted by Gasteiger charge is 2.25. The minimum absolute atomic E-state index is 0.0312. The predicted octanol–water partition coefficient (Wildman–Crippen LogP) is -1.93. The summed E-state index contributed by atoms with van der Waals surface area (Å²) in [5, 5.41) is 28.5. The summed E-state index contributed by atoms with van der Waals surface area (Å²) >= 11 is 0. The van der Waals surface area contributed by atoms with Crippen LogP contribution in [0, 0.1) is 0 Å². The molecule has 0 aliphatic rings. The number of aliphatic hydroxyl groups excluding tert-OH is 3. The third-order valence-electron chi connectivity index (χ3n) is 2.58. The van der Waals surface area contributed by atoms with E-state index in [0.29, 0.717) is 0 Å². The number of hydrogen-bond donors (Lipinski definition) is 5. The van der Waals surface area contributed by atoms with Gasteiger partial charge in [0.1, 0.15) is 12.2 Å². The van der Waals surface area contributed by atoms with Gasteiger partial charge in [0, 0.05) is 0 Å². The molecule has 3 unspecified atom stereocenters. The van der Waals surface area contributed by atoms with Gasteiger partial charge in [-0.3, -0.25) is 9.78 Å². The Morgan fingerprint density at radius 1 is 1.32 bits per heavy atom. The lowest BCUT2D eigenvalue weighted by Crippen LogP contribution is -2.30. The Hall–Kier alpha value is -2.10. The highest BCUT2D eigenvalue weighted by Crippen LogP contribution is 2.17. The average Bonchev–Trinajstić information content (AvgIpc) is 2.36. The molecule has 3 atom stereocenters. The first-order valence-corrected chi connectivity index (χ1v) is 5.46. The van der Waals surface area contributed by atoms with Crippen LogP contribution in [0.1, 0.15) is 18.7 Å². The smallest absolute Gasteiger partial charge is 0.280 e. The number of nitrogens with zero attached hydrogens (tertiary/aromatic N) is 3. The van der Waals surface area contributed by atoms with Crippen LogP contribution in [0.2, 0.25) is 0 Å². The van der Waals surface area contributed by atoms with Crippen molar-refractivity contribution in [3.63, 3.8) is 0 Å². The molecule has 0 radical (unpaired) electrons. The number of rotatable bonds is 3. The molecule has 0 saturated heterocycles. The predicted molar refractivity (Wildman–Crippen MR) is 65.0 cm³/mol. The zero-order valence-electron chi connectivity index (χ0n) is 9.98. The number of anilines is 1. The molecule has 0 saturated carbocycles. The van der Waals surface area contributed by atoms with Crippen LogP contribution < -0.4 is 11.3 Å². The van der Waals surface area contributed by atoms with Crippen molar-refractivity contribution >= 4 is 17.1 Å². The first kappa shape index (κ1) is 13.3. The van der Waals surface area contributed by atoms with Crippen molar-refractivity contribution in [2.24, 2.45) is 0 Å². The van der Waals surface area contributed by atoms with Gasteiger partial charge in [0.15, 0.2) is 11.2 Å². The molecular formula is C10H13N5O4. The Kier molecular flexibility index (Phi) is 3.42. The molecule has 6 N–H and O–H groups in total. The Morgan fingerprint density at radius 3 is 2.63 bits per heavy atom. The number of aliphatic hydroxyl groups is 3. The second-order valence-electron chi connectivity index (χ2n) is 4.09. The van der Waals surface area contributed by atoms with Crippen LogP contribution in [0.3, 0.4) is 0 Å². The van der Waals surface area contributed by atoms with Crippen LogP contribution in [0.4, 0.5) is 5.95 Å². The molecule has 2 rings (SSSR count). The van der Waals surface area contributed by atoms with E-state index in [9.17, 15) is 20.1 Å². The lowest BCUT2D eigenvalue weighted by atomic mass is 10.1. The van der Waals surface area contributed by atoms with Crippen LogP contribution >= 0.6 is 0 Å². The normalized spacial score (nSPS) is 16.2. The van der Waals surface area contributed by atoms with Gasteiger partial charge in [-0.1, -0.05) is 0 Å². The number of aromatic amines is 1. The maximum absolute atomic E-state index is 11.6. The number of fused-ring (bicyclic) bond motifs is 1. The van der Waals surface area contributed by atoms with Crippen LogP contribution in [0.25, 0.3) is 11.2 Å². The third-order valence-corrected chi connectivity index (χ3v) is 2.58. The number of nitrogens with two attached hydrogens (primary N) is 1. The Balaban J connectivity index is 2.50. The van der Waals surface area contributed by atoms with Gasteiger partial charge in [0.2, 0.25) is 5.95 Å². The summed E-state index contributed by atoms with van der Waals surface area (Å²) in [6.45, 7) is 1.32. The second-order valence-corrected chi connectivity index (χ2v) is 4.09. The van der Waals surface area contributed by atoms with Crippen LogP contribution in [-0.4, -0.2) is 47.5 Å². The molecule has 0 aliphatic carbocycles. The number of H-pyrrole nitrogens is 1. The minimum Gasteiger partial charge on any atom is -0.391 e. The molecule has 19 heavy (non-hydrogen) atoms. The first-order valence-electron chi connectivity index (χ1n) is 5.46. The van der Waals surface area contributed by atoms with Gasteiger partial charge in [-0.2, -0.15) is 4.98 Å². The van der Waals surface area contributed by atoms with E-state index in [1.807, 2.05) is 0 Å². The van der Waals surface area contributed by atoms with Crippen LogP contribution in [0.5, 0.6) is 0 Å². The summed E-state index contributed by atoms with van der Waals surface area (Å²) in [6, 6.07) is 0. The molecule has 9 nitrogen and oxygen atoms in total. The van der Waals surface area contributed by atoms with Gasteiger partial charge in [0.25, 0.3) is 5.56 Å². The summed E-state index contributed by atoms with van der Waals surface area (Å²) in [6.07, 6.45) is -2.90. The maximum Gasteiger partial charge on any atom is 0.280 e. The van der Waals surface area contributed by atoms with E-state index in [-0.39, 0.29) is 22.8 Å². The molecule has 2 heterocycles. The topological polar surface area (TPSA) is 158 Å². The fourth-order valence-corrected chi connectivity index (χ4v) is 1.53. The largest absolute Gasteiger partial charge is 0.391 e. The summed E-state index contributed by atoms with van der Waals surface area (Å²) in [4.78, 5) is 25.3. The molecule has 9 heteroatoms. The molecule has 0 amide bonds. The number of nitrogens with one attached hydrogen (secondary N) is 1. The second kappa shape index (κ2) is 4.88. The summed E-state index contributed by atoms with van der Waals surface area (Å²) < 4.78 is 0. The first-order chi connectivity index (χ1) is 8.90. The quantitative estimate of drug-likeness (QED) is 0.430. The number of nitrogen functional groups attached to an aromatic ring is 1. The van der Waals surface area contributed by atoms with Crippen LogP contribution in [-0.2, 0) is 0 Å². The highest BCUT2D eigenvalue weighted by molar-refractivity contribution is 5.69. The van der Waals surface area contributed by atoms with E-state index in [4.69, 9.17) is 5.73 Å². The SMILES string of the molecule is CC(O)C(O)C(O)c1cnc2nc(N)[nH]c(=O)c2n1. The molecule has 102 valence electrons. The van der Waals surface area contributed by atoms with Crippen molar-refractivity contribution in [2.45, 2.75) is 25.2 Å². The van der Waals surface area contributed by atoms with Gasteiger partial charge < -0.3 is 21.1 Å². The third kappa shape index (κ3) is 2.52. The van der Waals surface area contributed by atoms with Gasteiger partial charge in [-0.15, -0.1) is 0 Å². The van der Waals surface area contributed by atoms with E-state index in [0.717, 1.165) is 6.20 Å². The van der Waals surface area contributed by atoms with Gasteiger partial charge in [-0.25, -0.2) is 9.97 Å². The van der Waals surface area contributed by atoms with E-state index in [2.05, 4.69) is 19.9 Å². The summed E-state index contributed by atoms with van der Waals surface area (Å²) in [7, 11) is 0. The fraction of sp³-hybridized carbons (Fsp3) is 0.400. The summed E-state index contributed by atoms with van der Waals surface area (Å²) in [5.41, 5.74) is 4.63. The van der Waals surface area contributed by atoms with Crippen molar-refractivity contribution in [1.29, 1.82) is 0 Å². The lowest BCUT2D eigenvalue weighted by Gasteiger charge is -2.19. The number of aromatic nitrogens is 4. The van der Waals surface area contributed by atoms with Crippen molar-refractivity contribution in [2.75, 3.05) is 5.73 Å². The Labute approximate surface area is 106 Å². The van der Waals surface area contributed by atoms with Crippen molar-refractivity contribution < 1.29 is 15.3 Å². The van der Waals surface area contributed by atoms with Gasteiger partial charge >= 0.3 is 0 Å². The molecule has 0 aliphatic heterocycles. The van der Waals surface area contributed by atoms with Crippen molar-refractivity contribution in [3.8, 4) is 0 Å². The van der Waals surface area contributed by atoms with E-state index >= 15 is 0 Å². The van der Waals surface area contributed by atoms with Crippen molar-refractivity contribution in [1.82, 2.24) is 19.9 Å². The fourth-order valence-electron chi connectivity index (χ4n) is 1.53.